The molecule has 0 aliphatic rings. The number of hydrogen-bond acceptors (Lipinski definition) is 3. The van der Waals surface area contributed by atoms with E-state index < -0.39 is 0 Å². The molecule has 0 fully saturated rings. The van der Waals surface area contributed by atoms with Crippen molar-refractivity contribution in [3.05, 3.63) is 14.5 Å². The summed E-state index contributed by atoms with van der Waals surface area (Å²) in [5, 5.41) is 0. The monoisotopic (exact) mass is 160 g/mol. The van der Waals surface area contributed by atoms with Crippen LogP contribution in [0.15, 0.2) is 0 Å². The Kier molecular flexibility index (Phi) is 1.59. The Labute approximate surface area is 62.9 Å². The molecule has 0 aromatic carbocycles. The molecular weight excluding hydrogens is 152 g/mol. The van der Waals surface area contributed by atoms with Crippen molar-refractivity contribution in [2.75, 3.05) is 5.84 Å². The predicted octanol–water partition coefficient (Wildman–Crippen LogP) is 1.61. The molecule has 1 aromatic rings. The molecule has 1 rings (SSSR count). The Morgan fingerprint density at radius 2 is 2.11 bits per heavy atom. The summed E-state index contributed by atoms with van der Waals surface area (Å²) in [6, 6.07) is 0. The average Bonchev–Trinajstić information content (AvgIpc) is 1.98. The maximum Gasteiger partial charge on any atom is 0.179 e. The predicted molar refractivity (Wildman–Crippen MR) is 42.8 cm³/mol. The third kappa shape index (κ3) is 0.997. The minimum Gasteiger partial charge on any atom is -0.337 e. The number of rotatable bonds is 0. The Balaban J connectivity index is 3.47. The standard InChI is InChI=1S/C5H8N2S2/c1-3-4(2)9-5(8)7(3)6/h6H2,1-2H3. The molecular formula is C5H8N2S2. The van der Waals surface area contributed by atoms with Crippen molar-refractivity contribution in [1.29, 1.82) is 0 Å². The zero-order valence-corrected chi connectivity index (χ0v) is 6.97. The highest BCUT2D eigenvalue weighted by Crippen LogP contribution is 2.13. The molecule has 0 atom stereocenters. The van der Waals surface area contributed by atoms with Gasteiger partial charge < -0.3 is 5.84 Å². The highest BCUT2D eigenvalue weighted by atomic mass is 32.1. The second-order valence-corrected chi connectivity index (χ2v) is 3.73. The van der Waals surface area contributed by atoms with E-state index in [1.54, 1.807) is 11.3 Å². The van der Waals surface area contributed by atoms with Gasteiger partial charge in [-0.25, -0.2) is 4.68 Å². The number of aromatic nitrogens is 1. The van der Waals surface area contributed by atoms with Gasteiger partial charge in [0, 0.05) is 4.88 Å². The molecule has 0 saturated carbocycles. The van der Waals surface area contributed by atoms with Gasteiger partial charge in [0.15, 0.2) is 3.95 Å². The summed E-state index contributed by atoms with van der Waals surface area (Å²) in [5.41, 5.74) is 1.06. The third-order valence-corrected chi connectivity index (χ3v) is 2.73. The maximum absolute atomic E-state index is 5.53. The van der Waals surface area contributed by atoms with Crippen molar-refractivity contribution in [2.45, 2.75) is 13.8 Å². The van der Waals surface area contributed by atoms with E-state index in [9.17, 15) is 0 Å². The highest BCUT2D eigenvalue weighted by molar-refractivity contribution is 7.73. The smallest absolute Gasteiger partial charge is 0.179 e. The molecule has 9 heavy (non-hydrogen) atoms. The summed E-state index contributed by atoms with van der Waals surface area (Å²) < 4.78 is 2.28. The van der Waals surface area contributed by atoms with Gasteiger partial charge in [-0.2, -0.15) is 0 Å². The van der Waals surface area contributed by atoms with Crippen LogP contribution in [0.3, 0.4) is 0 Å². The van der Waals surface area contributed by atoms with Crippen LogP contribution in [0.4, 0.5) is 0 Å². The van der Waals surface area contributed by atoms with E-state index >= 15 is 0 Å². The first kappa shape index (κ1) is 6.77. The zero-order chi connectivity index (χ0) is 7.02. The molecule has 0 saturated heterocycles. The summed E-state index contributed by atoms with van der Waals surface area (Å²) in [6.07, 6.45) is 0. The van der Waals surface area contributed by atoms with Crippen LogP contribution in [0.2, 0.25) is 0 Å². The van der Waals surface area contributed by atoms with E-state index in [-0.39, 0.29) is 0 Å². The third-order valence-electron chi connectivity index (χ3n) is 1.31. The summed E-state index contributed by atoms with van der Waals surface area (Å²) in [7, 11) is 0. The SMILES string of the molecule is Cc1sc(=S)n(N)c1C. The van der Waals surface area contributed by atoms with Gasteiger partial charge in [0.05, 0.1) is 5.69 Å². The number of aryl methyl sites for hydroxylation is 1. The van der Waals surface area contributed by atoms with Crippen LogP contribution < -0.4 is 5.84 Å². The molecule has 2 nitrogen and oxygen atoms in total. The van der Waals surface area contributed by atoms with Crippen LogP contribution in [0.1, 0.15) is 10.6 Å². The van der Waals surface area contributed by atoms with Crippen molar-refractivity contribution in [1.82, 2.24) is 4.68 Å². The lowest BCUT2D eigenvalue weighted by Gasteiger charge is -1.92. The maximum atomic E-state index is 5.53. The highest BCUT2D eigenvalue weighted by Gasteiger charge is 1.98. The average molecular weight is 160 g/mol. The van der Waals surface area contributed by atoms with Crippen LogP contribution in [0.5, 0.6) is 0 Å². The van der Waals surface area contributed by atoms with Crippen molar-refractivity contribution in [3.8, 4) is 0 Å². The molecule has 0 aliphatic heterocycles. The Morgan fingerprint density at radius 1 is 1.56 bits per heavy atom. The second-order valence-electron chi connectivity index (χ2n) is 1.88. The first-order valence-corrected chi connectivity index (χ1v) is 3.79. The first-order chi connectivity index (χ1) is 4.13. The molecule has 1 heterocycles. The molecule has 0 aliphatic carbocycles. The number of nitrogen functional groups attached to an aromatic ring is 1. The summed E-state index contributed by atoms with van der Waals surface area (Å²) in [6.45, 7) is 3.97. The van der Waals surface area contributed by atoms with Crippen molar-refractivity contribution in [3.63, 3.8) is 0 Å². The fraction of sp³-hybridized carbons (Fsp3) is 0.400. The van der Waals surface area contributed by atoms with E-state index in [0.717, 1.165) is 9.65 Å². The Hall–Kier alpha value is -0.350. The van der Waals surface area contributed by atoms with Crippen LogP contribution in [-0.4, -0.2) is 4.68 Å². The molecule has 0 bridgehead atoms. The van der Waals surface area contributed by atoms with Gasteiger partial charge in [-0.15, -0.1) is 11.3 Å². The van der Waals surface area contributed by atoms with Gasteiger partial charge in [0.25, 0.3) is 0 Å². The number of nitrogens with zero attached hydrogens (tertiary/aromatic N) is 1. The van der Waals surface area contributed by atoms with Gasteiger partial charge in [-0.3, -0.25) is 0 Å². The van der Waals surface area contributed by atoms with E-state index in [0.29, 0.717) is 0 Å². The fourth-order valence-corrected chi connectivity index (χ4v) is 1.82. The zero-order valence-electron chi connectivity index (χ0n) is 5.34. The Morgan fingerprint density at radius 3 is 2.22 bits per heavy atom. The lowest BCUT2D eigenvalue weighted by molar-refractivity contribution is 0.943. The number of thiazole rings is 1. The normalized spacial score (nSPS) is 10.0. The van der Waals surface area contributed by atoms with Gasteiger partial charge in [0.2, 0.25) is 0 Å². The first-order valence-electron chi connectivity index (χ1n) is 2.57. The molecule has 4 heteroatoms. The fourth-order valence-electron chi connectivity index (χ4n) is 0.561. The van der Waals surface area contributed by atoms with E-state index in [1.807, 2.05) is 13.8 Å². The van der Waals surface area contributed by atoms with Gasteiger partial charge in [-0.1, -0.05) is 0 Å². The summed E-state index contributed by atoms with van der Waals surface area (Å²) in [5.74, 6) is 5.53. The molecule has 2 N–H and O–H groups in total. The largest absolute Gasteiger partial charge is 0.337 e. The number of nitrogens with two attached hydrogens (primary N) is 1. The lowest BCUT2D eigenvalue weighted by atomic mass is 10.4. The topological polar surface area (TPSA) is 30.9 Å². The van der Waals surface area contributed by atoms with Gasteiger partial charge in [-0.05, 0) is 26.1 Å². The van der Waals surface area contributed by atoms with E-state index in [4.69, 9.17) is 18.1 Å². The van der Waals surface area contributed by atoms with Crippen molar-refractivity contribution < 1.29 is 0 Å². The van der Waals surface area contributed by atoms with Crippen LogP contribution >= 0.6 is 23.6 Å². The van der Waals surface area contributed by atoms with Crippen LogP contribution in [0, 0.1) is 17.8 Å². The quantitative estimate of drug-likeness (QED) is 0.462. The Bertz CT molecular complexity index is 271. The van der Waals surface area contributed by atoms with E-state index in [2.05, 4.69) is 0 Å². The molecule has 0 spiro atoms. The van der Waals surface area contributed by atoms with Crippen LogP contribution in [0.25, 0.3) is 0 Å². The molecule has 1 aromatic heterocycles. The van der Waals surface area contributed by atoms with Gasteiger partial charge in [0.1, 0.15) is 0 Å². The summed E-state index contributed by atoms with van der Waals surface area (Å²) in [4.78, 5) is 1.20. The van der Waals surface area contributed by atoms with E-state index in [1.165, 1.54) is 9.55 Å². The minimum absolute atomic E-state index is 0.741. The minimum atomic E-state index is 0.741. The summed E-state index contributed by atoms with van der Waals surface area (Å²) >= 11 is 6.47. The van der Waals surface area contributed by atoms with Crippen molar-refractivity contribution in [2.24, 2.45) is 0 Å². The molecule has 50 valence electrons. The molecule has 0 radical (unpaired) electrons. The van der Waals surface area contributed by atoms with Gasteiger partial charge >= 0.3 is 0 Å². The molecule has 0 amide bonds. The lowest BCUT2D eigenvalue weighted by Crippen LogP contribution is -2.09. The second kappa shape index (κ2) is 2.11. The number of hydrogen-bond donors (Lipinski definition) is 1. The van der Waals surface area contributed by atoms with Crippen LogP contribution in [-0.2, 0) is 0 Å². The molecule has 0 unspecified atom stereocenters. The van der Waals surface area contributed by atoms with Crippen molar-refractivity contribution >= 4 is 23.6 Å².